The van der Waals surface area contributed by atoms with Gasteiger partial charge >= 0.3 is 0 Å². The zero-order valence-corrected chi connectivity index (χ0v) is 18.6. The van der Waals surface area contributed by atoms with Crippen molar-refractivity contribution in [2.75, 3.05) is 12.9 Å². The van der Waals surface area contributed by atoms with Crippen molar-refractivity contribution < 1.29 is 14.7 Å². The molecule has 156 valence electrons. The van der Waals surface area contributed by atoms with Crippen LogP contribution in [0, 0.1) is 6.92 Å². The number of nitrogens with one attached hydrogen (secondary N) is 1. The van der Waals surface area contributed by atoms with Gasteiger partial charge in [-0.3, -0.25) is 9.59 Å². The molecule has 0 saturated heterocycles. The molecular formula is C23H29NO3S2. The van der Waals surface area contributed by atoms with Crippen molar-refractivity contribution in [2.24, 2.45) is 0 Å². The summed E-state index contributed by atoms with van der Waals surface area (Å²) in [4.78, 5) is 25.4. The molecule has 4 nitrogen and oxygen atoms in total. The minimum absolute atomic E-state index is 0.0151. The number of aliphatic hydroxyl groups excluding tert-OH is 1. The second-order valence-electron chi connectivity index (χ2n) is 6.89. The molecule has 2 aromatic carbocycles. The largest absolute Gasteiger partial charge is 0.396 e. The van der Waals surface area contributed by atoms with Gasteiger partial charge in [0.15, 0.2) is 0 Å². The Morgan fingerprint density at radius 1 is 1.07 bits per heavy atom. The van der Waals surface area contributed by atoms with E-state index in [1.807, 2.05) is 36.6 Å². The summed E-state index contributed by atoms with van der Waals surface area (Å²) >= 11 is 2.80. The number of aryl methyl sites for hydroxylation is 1. The lowest BCUT2D eigenvalue weighted by Crippen LogP contribution is -2.34. The Balaban J connectivity index is 2.08. The number of thioether (sulfide) groups is 2. The molecule has 1 amide bonds. The molecule has 29 heavy (non-hydrogen) atoms. The smallest absolute Gasteiger partial charge is 0.222 e. The first-order chi connectivity index (χ1) is 14.0. The number of hydrogen-bond acceptors (Lipinski definition) is 5. The van der Waals surface area contributed by atoms with E-state index < -0.39 is 0 Å². The Hall–Kier alpha value is -1.76. The third kappa shape index (κ3) is 8.25. The van der Waals surface area contributed by atoms with Gasteiger partial charge in [0, 0.05) is 23.8 Å². The van der Waals surface area contributed by atoms with Gasteiger partial charge in [-0.05, 0) is 43.6 Å². The first-order valence-electron chi connectivity index (χ1n) is 9.77. The number of benzene rings is 2. The van der Waals surface area contributed by atoms with Crippen molar-refractivity contribution in [2.45, 2.75) is 43.2 Å². The van der Waals surface area contributed by atoms with Gasteiger partial charge < -0.3 is 10.4 Å². The maximum Gasteiger partial charge on any atom is 0.222 e. The van der Waals surface area contributed by atoms with Crippen molar-refractivity contribution in [3.63, 3.8) is 0 Å². The summed E-state index contributed by atoms with van der Waals surface area (Å²) in [7, 11) is 0. The molecule has 0 heterocycles. The lowest BCUT2D eigenvalue weighted by atomic mass is 10.0. The number of carbonyl (C=O) groups excluding carboxylic acids is 2. The minimum Gasteiger partial charge on any atom is -0.396 e. The van der Waals surface area contributed by atoms with E-state index in [9.17, 15) is 9.59 Å². The first kappa shape index (κ1) is 23.5. The van der Waals surface area contributed by atoms with Crippen LogP contribution in [0.5, 0.6) is 0 Å². The van der Waals surface area contributed by atoms with Crippen LogP contribution in [-0.2, 0) is 11.2 Å². The van der Waals surface area contributed by atoms with Crippen LogP contribution in [0.2, 0.25) is 0 Å². The zero-order valence-electron chi connectivity index (χ0n) is 17.0. The monoisotopic (exact) mass is 431 g/mol. The van der Waals surface area contributed by atoms with Gasteiger partial charge in [-0.15, -0.1) is 11.8 Å². The van der Waals surface area contributed by atoms with Crippen LogP contribution < -0.4 is 5.32 Å². The van der Waals surface area contributed by atoms with E-state index in [1.54, 1.807) is 23.9 Å². The van der Waals surface area contributed by atoms with E-state index in [2.05, 4.69) is 24.4 Å². The maximum atomic E-state index is 12.7. The summed E-state index contributed by atoms with van der Waals surface area (Å²) in [6.07, 6.45) is 4.25. The molecule has 0 fully saturated rings. The topological polar surface area (TPSA) is 66.4 Å². The minimum atomic E-state index is -0.149. The second-order valence-corrected chi connectivity index (χ2v) is 9.20. The number of rotatable bonds is 11. The first-order valence-corrected chi connectivity index (χ1v) is 11.9. The van der Waals surface area contributed by atoms with Crippen molar-refractivity contribution in [1.82, 2.24) is 5.32 Å². The van der Waals surface area contributed by atoms with E-state index in [4.69, 9.17) is 5.11 Å². The van der Waals surface area contributed by atoms with Gasteiger partial charge in [-0.25, -0.2) is 0 Å². The molecule has 0 aliphatic rings. The highest BCUT2D eigenvalue weighted by molar-refractivity contribution is 8.14. The summed E-state index contributed by atoms with van der Waals surface area (Å²) in [5.41, 5.74) is 2.97. The number of hydrogen-bond donors (Lipinski definition) is 2. The molecule has 2 unspecified atom stereocenters. The van der Waals surface area contributed by atoms with Gasteiger partial charge in [0.1, 0.15) is 0 Å². The summed E-state index contributed by atoms with van der Waals surface area (Å²) in [6.45, 7) is 2.17. The third-order valence-electron chi connectivity index (χ3n) is 4.64. The Morgan fingerprint density at radius 2 is 1.76 bits per heavy atom. The van der Waals surface area contributed by atoms with E-state index in [0.29, 0.717) is 18.4 Å². The van der Waals surface area contributed by atoms with Crippen LogP contribution in [0.1, 0.15) is 40.7 Å². The molecule has 0 spiro atoms. The van der Waals surface area contributed by atoms with Crippen molar-refractivity contribution in [3.8, 4) is 0 Å². The van der Waals surface area contributed by atoms with Gasteiger partial charge in [0.05, 0.1) is 5.37 Å². The highest BCUT2D eigenvalue weighted by Crippen LogP contribution is 2.25. The van der Waals surface area contributed by atoms with Gasteiger partial charge in [-0.1, -0.05) is 66.4 Å². The highest BCUT2D eigenvalue weighted by Gasteiger charge is 2.22. The summed E-state index contributed by atoms with van der Waals surface area (Å²) < 4.78 is 0. The highest BCUT2D eigenvalue weighted by atomic mass is 32.2. The molecule has 2 aromatic rings. The fraction of sp³-hybridized carbons (Fsp3) is 0.391. The zero-order chi connectivity index (χ0) is 21.1. The molecule has 2 rings (SSSR count). The predicted octanol–water partition coefficient (Wildman–Crippen LogP) is 4.45. The quantitative estimate of drug-likeness (QED) is 0.515. The summed E-state index contributed by atoms with van der Waals surface area (Å²) in [5, 5.41) is 11.9. The standard InChI is InChI=1S/C23H29NO3S2/c1-17-9-6-7-12-19(17)15-20(29-23(27)18-10-4-3-5-11-18)16-21(26)24-22(28-2)13-8-14-25/h3-7,9-12,20,22,25H,8,13-16H2,1-2H3,(H,24,26). The fourth-order valence-corrected chi connectivity index (χ4v) is 4.73. The Kier molecular flexibility index (Phi) is 10.3. The number of carbonyl (C=O) groups is 2. The number of aliphatic hydroxyl groups is 1. The van der Waals surface area contributed by atoms with E-state index in [1.165, 1.54) is 11.8 Å². The van der Waals surface area contributed by atoms with Crippen molar-refractivity contribution in [3.05, 3.63) is 71.3 Å². The van der Waals surface area contributed by atoms with Crippen LogP contribution in [0.25, 0.3) is 0 Å². The fourth-order valence-electron chi connectivity index (χ4n) is 3.00. The summed E-state index contributed by atoms with van der Waals surface area (Å²) in [6, 6.07) is 17.3. The molecule has 0 saturated carbocycles. The molecule has 6 heteroatoms. The molecule has 2 N–H and O–H groups in total. The van der Waals surface area contributed by atoms with Crippen LogP contribution in [0.15, 0.2) is 54.6 Å². The van der Waals surface area contributed by atoms with E-state index in [0.717, 1.165) is 17.5 Å². The van der Waals surface area contributed by atoms with Crippen molar-refractivity contribution >= 4 is 34.5 Å². The molecule has 0 radical (unpaired) electrons. The Labute approximate surface area is 181 Å². The molecule has 0 bridgehead atoms. The number of amides is 1. The Morgan fingerprint density at radius 3 is 2.41 bits per heavy atom. The van der Waals surface area contributed by atoms with E-state index in [-0.39, 0.29) is 34.7 Å². The normalized spacial score (nSPS) is 12.9. The maximum absolute atomic E-state index is 12.7. The van der Waals surface area contributed by atoms with E-state index >= 15 is 0 Å². The third-order valence-corrected chi connectivity index (χ3v) is 6.68. The van der Waals surface area contributed by atoms with Gasteiger partial charge in [0.2, 0.25) is 11.0 Å². The average Bonchev–Trinajstić information content (AvgIpc) is 2.73. The van der Waals surface area contributed by atoms with Crippen LogP contribution in [-0.4, -0.2) is 39.6 Å². The summed E-state index contributed by atoms with van der Waals surface area (Å²) in [5.74, 6) is -0.0609. The lowest BCUT2D eigenvalue weighted by molar-refractivity contribution is -0.121. The SMILES string of the molecule is CSC(CCCO)NC(=O)CC(Cc1ccccc1C)SC(=O)c1ccccc1. The molecule has 2 atom stereocenters. The average molecular weight is 432 g/mol. The molecule has 0 aromatic heterocycles. The van der Waals surface area contributed by atoms with Crippen LogP contribution >= 0.6 is 23.5 Å². The van der Waals surface area contributed by atoms with Crippen LogP contribution in [0.4, 0.5) is 0 Å². The Bertz CT molecular complexity index is 783. The van der Waals surface area contributed by atoms with Gasteiger partial charge in [0.25, 0.3) is 0 Å². The van der Waals surface area contributed by atoms with Crippen LogP contribution in [0.3, 0.4) is 0 Å². The van der Waals surface area contributed by atoms with Gasteiger partial charge in [-0.2, -0.15) is 0 Å². The second kappa shape index (κ2) is 12.7. The van der Waals surface area contributed by atoms with Crippen molar-refractivity contribution in [1.29, 1.82) is 0 Å². The lowest BCUT2D eigenvalue weighted by Gasteiger charge is -2.20. The predicted molar refractivity (Wildman–Crippen MR) is 123 cm³/mol. The molecule has 0 aliphatic carbocycles. The molecular weight excluding hydrogens is 402 g/mol. The molecule has 0 aliphatic heterocycles.